The fraction of sp³-hybridized carbons (Fsp3) is 0.417. The minimum atomic E-state index is -3.34. The summed E-state index contributed by atoms with van der Waals surface area (Å²) in [4.78, 5) is 10.9. The van der Waals surface area contributed by atoms with E-state index < -0.39 is 22.2 Å². The van der Waals surface area contributed by atoms with Crippen molar-refractivity contribution in [2.75, 3.05) is 26.2 Å². The summed E-state index contributed by atoms with van der Waals surface area (Å²) in [6.07, 6.45) is 0.998. The summed E-state index contributed by atoms with van der Waals surface area (Å²) in [5, 5.41) is 22.3. The number of benzene rings is 2. The summed E-state index contributed by atoms with van der Waals surface area (Å²) >= 11 is 0. The molecule has 0 bridgehead atoms. The Hall–Kier alpha value is -2.66. The monoisotopic (exact) mass is 522 g/mol. The summed E-state index contributed by atoms with van der Waals surface area (Å²) < 4.78 is 33.1. The molecule has 4 rings (SSSR count). The van der Waals surface area contributed by atoms with Gasteiger partial charge in [-0.25, -0.2) is 17.5 Å². The lowest BCUT2D eigenvalue weighted by molar-refractivity contribution is 0.185. The van der Waals surface area contributed by atoms with Gasteiger partial charge in [0.05, 0.1) is 18.4 Å². The molecule has 0 aliphatic carbocycles. The molecule has 2 aromatic carbocycles. The number of rotatable bonds is 7. The molecule has 1 saturated heterocycles. The van der Waals surface area contributed by atoms with Gasteiger partial charge in [0, 0.05) is 19.6 Å². The quantitative estimate of drug-likeness (QED) is 0.326. The second-order valence-electron chi connectivity index (χ2n) is 8.74. The molecule has 2 aromatic rings. The molecule has 1 unspecified atom stereocenters. The molecule has 11 heteroatoms. The molecule has 2 aliphatic rings. The van der Waals surface area contributed by atoms with Crippen LogP contribution in [0.1, 0.15) is 35.6 Å². The molecular weight excluding hydrogens is 492 g/mol. The number of ether oxygens (including phenoxy) is 1. The molecule has 0 spiro atoms. The highest BCUT2D eigenvalue weighted by Crippen LogP contribution is 2.29. The number of fused-ring (bicyclic) bond motifs is 1. The summed E-state index contributed by atoms with van der Waals surface area (Å²) in [6, 6.07) is 14.4. The van der Waals surface area contributed by atoms with Crippen molar-refractivity contribution in [2.45, 2.75) is 31.1 Å². The Bertz CT molecular complexity index is 1140. The van der Waals surface area contributed by atoms with Crippen molar-refractivity contribution < 1.29 is 23.1 Å². The van der Waals surface area contributed by atoms with Crippen LogP contribution in [0.5, 0.6) is 5.75 Å². The topological polar surface area (TPSA) is 132 Å². The third-order valence-corrected chi connectivity index (χ3v) is 8.20. The number of carboxylic acid groups (broad SMARTS) is 1. The Kier molecular flexibility index (Phi) is 9.12. The van der Waals surface area contributed by atoms with E-state index in [0.29, 0.717) is 32.0 Å². The number of carbonyl (C=O) groups is 1. The van der Waals surface area contributed by atoms with Gasteiger partial charge in [-0.15, -0.1) is 12.4 Å². The van der Waals surface area contributed by atoms with E-state index in [1.807, 2.05) is 48.5 Å². The minimum absolute atomic E-state index is 0. The van der Waals surface area contributed by atoms with Gasteiger partial charge in [0.2, 0.25) is 10.0 Å². The molecule has 2 aliphatic heterocycles. The third-order valence-electron chi connectivity index (χ3n) is 6.35. The Morgan fingerprint density at radius 3 is 2.57 bits per heavy atom. The molecule has 1 amide bonds. The third kappa shape index (κ3) is 6.94. The molecule has 4 N–H and O–H groups in total. The lowest BCUT2D eigenvalue weighted by Crippen LogP contribution is -2.42. The van der Waals surface area contributed by atoms with Gasteiger partial charge in [-0.2, -0.15) is 0 Å². The molecule has 2 heterocycles. The van der Waals surface area contributed by atoms with Crippen LogP contribution in [0.25, 0.3) is 0 Å². The van der Waals surface area contributed by atoms with Crippen LogP contribution >= 0.6 is 12.4 Å². The number of nitrogens with one attached hydrogen (secondary N) is 3. The smallest absolute Gasteiger partial charge is 0.410 e. The molecule has 35 heavy (non-hydrogen) atoms. The number of piperidine rings is 1. The fourth-order valence-corrected chi connectivity index (χ4v) is 6.07. The van der Waals surface area contributed by atoms with E-state index in [9.17, 15) is 13.2 Å². The van der Waals surface area contributed by atoms with Gasteiger partial charge in [-0.1, -0.05) is 36.4 Å². The minimum Gasteiger partial charge on any atom is -0.493 e. The van der Waals surface area contributed by atoms with Gasteiger partial charge in [-0.05, 0) is 54.0 Å². The summed E-state index contributed by atoms with van der Waals surface area (Å²) in [5.74, 6) is 0.815. The lowest BCUT2D eigenvalue weighted by atomic mass is 9.93. The van der Waals surface area contributed by atoms with Crippen LogP contribution in [0.4, 0.5) is 4.79 Å². The van der Waals surface area contributed by atoms with Gasteiger partial charge in [0.15, 0.2) is 0 Å². The van der Waals surface area contributed by atoms with Gasteiger partial charge >= 0.3 is 6.09 Å². The van der Waals surface area contributed by atoms with Crippen LogP contribution in [0, 0.1) is 11.3 Å². The van der Waals surface area contributed by atoms with Gasteiger partial charge in [0.25, 0.3) is 0 Å². The van der Waals surface area contributed by atoms with E-state index in [2.05, 4.69) is 10.6 Å². The van der Waals surface area contributed by atoms with Gasteiger partial charge < -0.3 is 15.2 Å². The molecule has 190 valence electrons. The summed E-state index contributed by atoms with van der Waals surface area (Å²) in [7, 11) is -3.34. The van der Waals surface area contributed by atoms with Crippen molar-refractivity contribution >= 4 is 34.4 Å². The molecule has 1 fully saturated rings. The average molecular weight is 523 g/mol. The van der Waals surface area contributed by atoms with Crippen molar-refractivity contribution in [3.05, 3.63) is 65.2 Å². The summed E-state index contributed by atoms with van der Waals surface area (Å²) in [5.41, 5.74) is 2.69. The predicted octanol–water partition coefficient (Wildman–Crippen LogP) is 3.16. The number of sulfonamides is 1. The lowest BCUT2D eigenvalue weighted by Gasteiger charge is -2.31. The zero-order valence-electron chi connectivity index (χ0n) is 19.3. The first-order chi connectivity index (χ1) is 16.3. The highest BCUT2D eigenvalue weighted by molar-refractivity contribution is 7.88. The first kappa shape index (κ1) is 26.9. The maximum absolute atomic E-state index is 12.8. The first-order valence-electron chi connectivity index (χ1n) is 11.4. The number of nitrogens with zero attached hydrogens (tertiary/aromatic N) is 1. The van der Waals surface area contributed by atoms with Gasteiger partial charge in [-0.3, -0.25) is 10.7 Å². The molecule has 9 nitrogen and oxygen atoms in total. The van der Waals surface area contributed by atoms with E-state index in [4.69, 9.17) is 15.3 Å². The molecule has 0 saturated carbocycles. The van der Waals surface area contributed by atoms with E-state index in [-0.39, 0.29) is 29.9 Å². The predicted molar refractivity (Wildman–Crippen MR) is 136 cm³/mol. The number of halogens is 1. The molecule has 0 radical (unpaired) electrons. The van der Waals surface area contributed by atoms with Crippen molar-refractivity contribution in [2.24, 2.45) is 5.92 Å². The maximum Gasteiger partial charge on any atom is 0.410 e. The Balaban J connectivity index is 0.00000342. The van der Waals surface area contributed by atoms with Crippen molar-refractivity contribution in [3.8, 4) is 5.75 Å². The second-order valence-corrected chi connectivity index (χ2v) is 10.7. The van der Waals surface area contributed by atoms with Crippen LogP contribution in [0.2, 0.25) is 0 Å². The van der Waals surface area contributed by atoms with Crippen LogP contribution < -0.4 is 15.4 Å². The highest BCUT2D eigenvalue weighted by Gasteiger charge is 2.29. The van der Waals surface area contributed by atoms with Crippen molar-refractivity contribution in [1.29, 1.82) is 5.41 Å². The highest BCUT2D eigenvalue weighted by atomic mass is 35.5. The Morgan fingerprint density at radius 2 is 1.89 bits per heavy atom. The van der Waals surface area contributed by atoms with Crippen LogP contribution in [-0.4, -0.2) is 56.0 Å². The van der Waals surface area contributed by atoms with E-state index >= 15 is 0 Å². The average Bonchev–Trinajstić information content (AvgIpc) is 2.82. The number of amidine groups is 1. The van der Waals surface area contributed by atoms with Crippen LogP contribution in [-0.2, 0) is 22.2 Å². The zero-order valence-corrected chi connectivity index (χ0v) is 20.9. The van der Waals surface area contributed by atoms with E-state index in [1.54, 1.807) is 4.31 Å². The van der Waals surface area contributed by atoms with E-state index in [0.717, 1.165) is 36.0 Å². The normalized spacial score (nSPS) is 18.7. The standard InChI is InChI=1S/C24H30N4O5S.ClH/c25-23(27-24(29)30)22-21-14-20(7-6-19(21)8-11-26-22)33-15-17-9-12-28(13-10-17)34(31,32)16-18-4-2-1-3-5-18;/h1-7,14,17,22,26H,8-13,15-16H2,(H2,25,27)(H,29,30);1H. The van der Waals surface area contributed by atoms with E-state index in [1.165, 1.54) is 0 Å². The largest absolute Gasteiger partial charge is 0.493 e. The molecule has 0 aromatic heterocycles. The Labute approximate surface area is 211 Å². The SMILES string of the molecule is Cl.N=C(NC(=O)O)C1NCCc2ccc(OCC3CCN(S(=O)(=O)Cc4ccccc4)CC3)cc21. The number of hydrogen-bond donors (Lipinski definition) is 4. The van der Waals surface area contributed by atoms with Gasteiger partial charge in [0.1, 0.15) is 11.6 Å². The maximum atomic E-state index is 12.8. The van der Waals surface area contributed by atoms with Crippen LogP contribution in [0.15, 0.2) is 48.5 Å². The zero-order chi connectivity index (χ0) is 24.1. The molecule has 1 atom stereocenters. The summed E-state index contributed by atoms with van der Waals surface area (Å²) in [6.45, 7) is 2.11. The Morgan fingerprint density at radius 1 is 1.17 bits per heavy atom. The van der Waals surface area contributed by atoms with Crippen LogP contribution in [0.3, 0.4) is 0 Å². The first-order valence-corrected chi connectivity index (χ1v) is 13.0. The fourth-order valence-electron chi connectivity index (χ4n) is 4.51. The second kappa shape index (κ2) is 11.9. The van der Waals surface area contributed by atoms with Crippen molar-refractivity contribution in [1.82, 2.24) is 14.9 Å². The van der Waals surface area contributed by atoms with Crippen molar-refractivity contribution in [3.63, 3.8) is 0 Å². The molecular formula is C24H31ClN4O5S. The number of hydrogen-bond acceptors (Lipinski definition) is 6. The number of amides is 1.